The van der Waals surface area contributed by atoms with Crippen molar-refractivity contribution in [2.24, 2.45) is 0 Å². The van der Waals surface area contributed by atoms with Crippen molar-refractivity contribution in [2.45, 2.75) is 13.0 Å². The van der Waals surface area contributed by atoms with E-state index in [0.29, 0.717) is 17.3 Å². The minimum Gasteiger partial charge on any atom is -0.480 e. The molecule has 1 aromatic rings. The van der Waals surface area contributed by atoms with Gasteiger partial charge < -0.3 is 15.3 Å². The van der Waals surface area contributed by atoms with E-state index in [-0.39, 0.29) is 12.5 Å². The highest BCUT2D eigenvalue weighted by Crippen LogP contribution is 2.20. The van der Waals surface area contributed by atoms with Gasteiger partial charge in [-0.3, -0.25) is 9.59 Å². The van der Waals surface area contributed by atoms with Crippen LogP contribution in [0.2, 0.25) is 5.02 Å². The molecule has 0 saturated heterocycles. The summed E-state index contributed by atoms with van der Waals surface area (Å²) in [6, 6.07) is 6.05. The van der Waals surface area contributed by atoms with Crippen molar-refractivity contribution < 1.29 is 14.7 Å². The summed E-state index contributed by atoms with van der Waals surface area (Å²) in [5.74, 6) is -1.27. The topological polar surface area (TPSA) is 69.6 Å². The van der Waals surface area contributed by atoms with Crippen molar-refractivity contribution in [1.29, 1.82) is 0 Å². The van der Waals surface area contributed by atoms with E-state index < -0.39 is 12.0 Å². The van der Waals surface area contributed by atoms with Gasteiger partial charge in [-0.05, 0) is 31.2 Å². The Morgan fingerprint density at radius 3 is 2.55 bits per heavy atom. The van der Waals surface area contributed by atoms with E-state index in [0.717, 1.165) is 0 Å². The summed E-state index contributed by atoms with van der Waals surface area (Å²) in [6.07, 6.45) is 1.56. The number of hydrogen-bond donors (Lipinski definition) is 2. The SMILES string of the molecule is C=CCNC(=O)C(C)N(CC(=O)O)c1ccc(Cl)cc1. The molecule has 0 saturated carbocycles. The minimum absolute atomic E-state index is 0.263. The number of aliphatic carboxylic acids is 1. The Morgan fingerprint density at radius 2 is 2.05 bits per heavy atom. The molecule has 0 radical (unpaired) electrons. The molecule has 1 amide bonds. The van der Waals surface area contributed by atoms with Gasteiger partial charge in [0.05, 0.1) is 0 Å². The van der Waals surface area contributed by atoms with Gasteiger partial charge in [0.25, 0.3) is 0 Å². The van der Waals surface area contributed by atoms with Crippen LogP contribution in [-0.2, 0) is 9.59 Å². The number of anilines is 1. The fourth-order valence-corrected chi connectivity index (χ4v) is 1.82. The van der Waals surface area contributed by atoms with Gasteiger partial charge in [-0.25, -0.2) is 0 Å². The zero-order valence-corrected chi connectivity index (χ0v) is 11.9. The van der Waals surface area contributed by atoms with Crippen LogP contribution < -0.4 is 10.2 Å². The molecule has 1 rings (SSSR count). The van der Waals surface area contributed by atoms with Crippen molar-refractivity contribution in [3.05, 3.63) is 41.9 Å². The van der Waals surface area contributed by atoms with Crippen LogP contribution in [0.1, 0.15) is 6.92 Å². The Hall–Kier alpha value is -2.01. The summed E-state index contributed by atoms with van der Waals surface area (Å²) >= 11 is 5.81. The van der Waals surface area contributed by atoms with Crippen LogP contribution in [0.25, 0.3) is 0 Å². The number of hydrogen-bond acceptors (Lipinski definition) is 3. The normalized spacial score (nSPS) is 11.5. The lowest BCUT2D eigenvalue weighted by molar-refractivity contribution is -0.135. The molecule has 0 spiro atoms. The summed E-state index contributed by atoms with van der Waals surface area (Å²) in [4.78, 5) is 24.4. The second-order valence-corrected chi connectivity index (χ2v) is 4.64. The van der Waals surface area contributed by atoms with Gasteiger partial charge in [-0.15, -0.1) is 6.58 Å². The number of carbonyl (C=O) groups is 2. The fraction of sp³-hybridized carbons (Fsp3) is 0.286. The van der Waals surface area contributed by atoms with Crippen LogP contribution in [-0.4, -0.2) is 36.1 Å². The van der Waals surface area contributed by atoms with E-state index in [1.54, 1.807) is 37.3 Å². The standard InChI is InChI=1S/C14H17ClN2O3/c1-3-8-16-14(20)10(2)17(9-13(18)19)12-6-4-11(15)5-7-12/h3-7,10H,1,8-9H2,2H3,(H,16,20)(H,18,19). The van der Waals surface area contributed by atoms with E-state index in [2.05, 4.69) is 11.9 Å². The van der Waals surface area contributed by atoms with Crippen LogP contribution in [0.4, 0.5) is 5.69 Å². The van der Waals surface area contributed by atoms with E-state index in [1.165, 1.54) is 4.90 Å². The highest BCUT2D eigenvalue weighted by molar-refractivity contribution is 6.30. The van der Waals surface area contributed by atoms with Crippen LogP contribution >= 0.6 is 11.6 Å². The number of carbonyl (C=O) groups excluding carboxylic acids is 1. The second-order valence-electron chi connectivity index (χ2n) is 4.21. The number of nitrogens with zero attached hydrogens (tertiary/aromatic N) is 1. The smallest absolute Gasteiger partial charge is 0.323 e. The number of carboxylic acid groups (broad SMARTS) is 1. The van der Waals surface area contributed by atoms with Crippen LogP contribution in [0.15, 0.2) is 36.9 Å². The molecule has 2 N–H and O–H groups in total. The van der Waals surface area contributed by atoms with Crippen LogP contribution in [0, 0.1) is 0 Å². The Labute approximate surface area is 122 Å². The molecule has 0 aliphatic carbocycles. The van der Waals surface area contributed by atoms with Crippen molar-refractivity contribution in [3.8, 4) is 0 Å². The molecule has 5 nitrogen and oxygen atoms in total. The predicted octanol–water partition coefficient (Wildman–Crippen LogP) is 1.92. The lowest BCUT2D eigenvalue weighted by Crippen LogP contribution is -2.47. The van der Waals surface area contributed by atoms with Gasteiger partial charge in [0.2, 0.25) is 5.91 Å². The lowest BCUT2D eigenvalue weighted by Gasteiger charge is -2.28. The maximum atomic E-state index is 11.9. The third-order valence-electron chi connectivity index (χ3n) is 2.73. The molecule has 0 bridgehead atoms. The van der Waals surface area contributed by atoms with Crippen LogP contribution in [0.3, 0.4) is 0 Å². The van der Waals surface area contributed by atoms with Gasteiger partial charge in [0, 0.05) is 17.3 Å². The van der Waals surface area contributed by atoms with Gasteiger partial charge in [-0.2, -0.15) is 0 Å². The average Bonchev–Trinajstić information content (AvgIpc) is 2.42. The first-order valence-corrected chi connectivity index (χ1v) is 6.46. The average molecular weight is 297 g/mol. The number of benzene rings is 1. The molecule has 1 atom stereocenters. The number of nitrogens with one attached hydrogen (secondary N) is 1. The van der Waals surface area contributed by atoms with E-state index >= 15 is 0 Å². The maximum Gasteiger partial charge on any atom is 0.323 e. The summed E-state index contributed by atoms with van der Waals surface area (Å²) in [6.45, 7) is 5.23. The van der Waals surface area contributed by atoms with Gasteiger partial charge >= 0.3 is 5.97 Å². The summed E-state index contributed by atoms with van der Waals surface area (Å²) < 4.78 is 0. The monoisotopic (exact) mass is 296 g/mol. The molecule has 1 unspecified atom stereocenters. The summed E-state index contributed by atoms with van der Waals surface area (Å²) in [7, 11) is 0. The first-order chi connectivity index (χ1) is 9.45. The molecule has 0 aliphatic rings. The summed E-state index contributed by atoms with van der Waals surface area (Å²) in [5, 5.41) is 12.2. The predicted molar refractivity (Wildman–Crippen MR) is 79.1 cm³/mol. The van der Waals surface area contributed by atoms with Crippen LogP contribution in [0.5, 0.6) is 0 Å². The van der Waals surface area contributed by atoms with Crippen molar-refractivity contribution in [3.63, 3.8) is 0 Å². The largest absolute Gasteiger partial charge is 0.480 e. The minimum atomic E-state index is -1.01. The molecule has 1 aromatic carbocycles. The second kappa shape index (κ2) is 7.55. The number of rotatable bonds is 7. The lowest BCUT2D eigenvalue weighted by atomic mass is 10.2. The van der Waals surface area contributed by atoms with Gasteiger partial charge in [-0.1, -0.05) is 17.7 Å². The number of amides is 1. The zero-order chi connectivity index (χ0) is 15.1. The molecule has 0 heterocycles. The first kappa shape index (κ1) is 16.0. The molecule has 0 fully saturated rings. The third-order valence-corrected chi connectivity index (χ3v) is 2.98. The molecule has 108 valence electrons. The fourth-order valence-electron chi connectivity index (χ4n) is 1.69. The first-order valence-electron chi connectivity index (χ1n) is 6.08. The van der Waals surface area contributed by atoms with E-state index in [9.17, 15) is 9.59 Å². The molecule has 0 aromatic heterocycles. The third kappa shape index (κ3) is 4.59. The number of halogens is 1. The Kier molecular flexibility index (Phi) is 6.06. The molecule has 0 aliphatic heterocycles. The Bertz CT molecular complexity index is 488. The quantitative estimate of drug-likeness (QED) is 0.754. The molecular weight excluding hydrogens is 280 g/mol. The Balaban J connectivity index is 2.93. The number of carboxylic acids is 1. The van der Waals surface area contributed by atoms with E-state index in [1.807, 2.05) is 0 Å². The van der Waals surface area contributed by atoms with Gasteiger partial charge in [0.15, 0.2) is 0 Å². The highest BCUT2D eigenvalue weighted by Gasteiger charge is 2.23. The Morgan fingerprint density at radius 1 is 1.45 bits per heavy atom. The molecule has 20 heavy (non-hydrogen) atoms. The van der Waals surface area contributed by atoms with Gasteiger partial charge in [0.1, 0.15) is 12.6 Å². The maximum absolute atomic E-state index is 11.9. The highest BCUT2D eigenvalue weighted by atomic mass is 35.5. The van der Waals surface area contributed by atoms with Crippen molar-refractivity contribution >= 4 is 29.2 Å². The van der Waals surface area contributed by atoms with E-state index in [4.69, 9.17) is 16.7 Å². The zero-order valence-electron chi connectivity index (χ0n) is 11.2. The van der Waals surface area contributed by atoms with Crippen molar-refractivity contribution in [1.82, 2.24) is 5.32 Å². The molecule has 6 heteroatoms. The summed E-state index contributed by atoms with van der Waals surface area (Å²) in [5.41, 5.74) is 0.623. The van der Waals surface area contributed by atoms with Crippen molar-refractivity contribution in [2.75, 3.05) is 18.0 Å². The molecular formula is C14H17ClN2O3.